The third-order valence-corrected chi connectivity index (χ3v) is 6.06. The summed E-state index contributed by atoms with van der Waals surface area (Å²) < 4.78 is 45.8. The van der Waals surface area contributed by atoms with Gasteiger partial charge in [0.1, 0.15) is 10.7 Å². The number of nitrogens with zero attached hydrogens (tertiary/aromatic N) is 1. The fourth-order valence-electron chi connectivity index (χ4n) is 2.73. The molecule has 0 radical (unpaired) electrons. The Bertz CT molecular complexity index is 926. The second-order valence-electron chi connectivity index (χ2n) is 6.13. The van der Waals surface area contributed by atoms with E-state index >= 15 is 0 Å². The highest BCUT2D eigenvalue weighted by molar-refractivity contribution is 7.89. The molecule has 2 aromatic rings. The van der Waals surface area contributed by atoms with Gasteiger partial charge in [0.2, 0.25) is 15.9 Å². The van der Waals surface area contributed by atoms with Crippen LogP contribution in [0.15, 0.2) is 47.4 Å². The Labute approximate surface area is 157 Å². The van der Waals surface area contributed by atoms with E-state index in [1.54, 1.807) is 24.3 Å². The zero-order chi connectivity index (χ0) is 19.4. The highest BCUT2D eigenvalue weighted by Crippen LogP contribution is 2.24. The number of hydrogen-bond acceptors (Lipinski definition) is 5. The lowest BCUT2D eigenvalue weighted by Crippen LogP contribution is -2.40. The predicted molar refractivity (Wildman–Crippen MR) is 99.2 cm³/mol. The van der Waals surface area contributed by atoms with Gasteiger partial charge in [-0.3, -0.25) is 4.79 Å². The zero-order valence-electron chi connectivity index (χ0n) is 14.5. The molecule has 0 saturated carbocycles. The van der Waals surface area contributed by atoms with E-state index in [1.165, 1.54) is 10.4 Å². The second-order valence-corrected chi connectivity index (χ2v) is 8.03. The number of amides is 1. The molecule has 0 atom stereocenters. The molecule has 9 heteroatoms. The van der Waals surface area contributed by atoms with Crippen LogP contribution in [-0.2, 0) is 26.0 Å². The van der Waals surface area contributed by atoms with Crippen LogP contribution in [0.4, 0.5) is 15.8 Å². The van der Waals surface area contributed by atoms with Crippen LogP contribution in [0.25, 0.3) is 0 Å². The van der Waals surface area contributed by atoms with Crippen molar-refractivity contribution in [1.29, 1.82) is 0 Å². The van der Waals surface area contributed by atoms with Crippen molar-refractivity contribution < 1.29 is 22.3 Å². The molecule has 0 unspecified atom stereocenters. The number of anilines is 2. The lowest BCUT2D eigenvalue weighted by atomic mass is 10.1. The zero-order valence-corrected chi connectivity index (χ0v) is 15.3. The van der Waals surface area contributed by atoms with Crippen LogP contribution in [0.2, 0.25) is 0 Å². The molecule has 1 amide bonds. The third kappa shape index (κ3) is 4.62. The SMILES string of the molecule is Nc1ccc(CC(=O)Nc2ccc(F)c(S(=O)(=O)N3CCOCC3)c2)cc1. The molecule has 7 nitrogen and oxygen atoms in total. The highest BCUT2D eigenvalue weighted by atomic mass is 32.2. The summed E-state index contributed by atoms with van der Waals surface area (Å²) in [5.74, 6) is -1.21. The lowest BCUT2D eigenvalue weighted by Gasteiger charge is -2.26. The average Bonchev–Trinajstić information content (AvgIpc) is 2.66. The Morgan fingerprint density at radius 1 is 1.15 bits per heavy atom. The van der Waals surface area contributed by atoms with E-state index in [4.69, 9.17) is 10.5 Å². The van der Waals surface area contributed by atoms with Crippen LogP contribution in [-0.4, -0.2) is 44.9 Å². The quantitative estimate of drug-likeness (QED) is 0.752. The summed E-state index contributed by atoms with van der Waals surface area (Å²) in [4.78, 5) is 11.7. The van der Waals surface area contributed by atoms with Gasteiger partial charge in [-0.2, -0.15) is 4.31 Å². The minimum absolute atomic E-state index is 0.0865. The van der Waals surface area contributed by atoms with Crippen molar-refractivity contribution in [3.05, 3.63) is 53.8 Å². The monoisotopic (exact) mass is 393 g/mol. The molecule has 1 heterocycles. The van der Waals surface area contributed by atoms with Crippen LogP contribution in [0.3, 0.4) is 0 Å². The lowest BCUT2D eigenvalue weighted by molar-refractivity contribution is -0.115. The van der Waals surface area contributed by atoms with Gasteiger partial charge in [-0.1, -0.05) is 12.1 Å². The molecule has 1 aliphatic heterocycles. The van der Waals surface area contributed by atoms with Crippen LogP contribution < -0.4 is 11.1 Å². The highest BCUT2D eigenvalue weighted by Gasteiger charge is 2.29. The predicted octanol–water partition coefficient (Wildman–Crippen LogP) is 1.61. The molecule has 1 fully saturated rings. The van der Waals surface area contributed by atoms with E-state index in [0.29, 0.717) is 5.69 Å². The summed E-state index contributed by atoms with van der Waals surface area (Å²) in [6, 6.07) is 10.3. The smallest absolute Gasteiger partial charge is 0.246 e. The molecule has 0 aromatic heterocycles. The first kappa shape index (κ1) is 19.3. The van der Waals surface area contributed by atoms with Crippen molar-refractivity contribution in [1.82, 2.24) is 4.31 Å². The van der Waals surface area contributed by atoms with Gasteiger partial charge in [0.15, 0.2) is 0 Å². The van der Waals surface area contributed by atoms with E-state index in [-0.39, 0.29) is 44.3 Å². The van der Waals surface area contributed by atoms with Crippen LogP contribution >= 0.6 is 0 Å². The third-order valence-electron chi connectivity index (χ3n) is 4.15. The normalized spacial score (nSPS) is 15.4. The molecule has 0 spiro atoms. The molecular formula is C18H20FN3O4S. The standard InChI is InChI=1S/C18H20FN3O4S/c19-16-6-5-15(21-18(23)11-13-1-3-14(20)4-2-13)12-17(16)27(24,25)22-7-9-26-10-8-22/h1-6,12H,7-11,20H2,(H,21,23). The Kier molecular flexibility index (Phi) is 5.73. The number of hydrogen-bond donors (Lipinski definition) is 2. The molecule has 27 heavy (non-hydrogen) atoms. The van der Waals surface area contributed by atoms with E-state index in [1.807, 2.05) is 0 Å². The first-order chi connectivity index (χ1) is 12.9. The number of ether oxygens (including phenoxy) is 1. The Morgan fingerprint density at radius 2 is 1.81 bits per heavy atom. The van der Waals surface area contributed by atoms with Gasteiger partial charge in [-0.25, -0.2) is 12.8 Å². The molecule has 0 bridgehead atoms. The van der Waals surface area contributed by atoms with Gasteiger partial charge >= 0.3 is 0 Å². The van der Waals surface area contributed by atoms with Crippen LogP contribution in [0, 0.1) is 5.82 Å². The molecule has 3 N–H and O–H groups in total. The number of halogens is 1. The minimum Gasteiger partial charge on any atom is -0.399 e. The van der Waals surface area contributed by atoms with Crippen molar-refractivity contribution in [3.8, 4) is 0 Å². The largest absolute Gasteiger partial charge is 0.399 e. The Morgan fingerprint density at radius 3 is 2.48 bits per heavy atom. The summed E-state index contributed by atoms with van der Waals surface area (Å²) in [5.41, 5.74) is 7.17. The number of carbonyl (C=O) groups excluding carboxylic acids is 1. The summed E-state index contributed by atoms with van der Waals surface area (Å²) >= 11 is 0. The van der Waals surface area contributed by atoms with E-state index in [9.17, 15) is 17.6 Å². The van der Waals surface area contributed by atoms with Gasteiger partial charge < -0.3 is 15.8 Å². The molecule has 0 aliphatic carbocycles. The Hall–Kier alpha value is -2.49. The van der Waals surface area contributed by atoms with Crippen molar-refractivity contribution in [3.63, 3.8) is 0 Å². The molecular weight excluding hydrogens is 373 g/mol. The first-order valence-corrected chi connectivity index (χ1v) is 9.82. The molecule has 1 aliphatic rings. The van der Waals surface area contributed by atoms with E-state index < -0.39 is 20.7 Å². The van der Waals surface area contributed by atoms with Crippen molar-refractivity contribution in [2.45, 2.75) is 11.3 Å². The molecule has 2 aromatic carbocycles. The molecule has 3 rings (SSSR count). The number of carbonyl (C=O) groups is 1. The average molecular weight is 393 g/mol. The number of nitrogens with one attached hydrogen (secondary N) is 1. The second kappa shape index (κ2) is 8.03. The fraction of sp³-hybridized carbons (Fsp3) is 0.278. The van der Waals surface area contributed by atoms with E-state index in [0.717, 1.165) is 17.7 Å². The van der Waals surface area contributed by atoms with Crippen LogP contribution in [0.1, 0.15) is 5.56 Å². The maximum absolute atomic E-state index is 14.2. The maximum Gasteiger partial charge on any atom is 0.246 e. The first-order valence-electron chi connectivity index (χ1n) is 8.38. The Balaban J connectivity index is 1.76. The van der Waals surface area contributed by atoms with Gasteiger partial charge in [0.05, 0.1) is 19.6 Å². The number of rotatable bonds is 5. The van der Waals surface area contributed by atoms with Gasteiger partial charge in [0.25, 0.3) is 0 Å². The number of morpholine rings is 1. The summed E-state index contributed by atoms with van der Waals surface area (Å²) in [6.07, 6.45) is 0.0865. The number of sulfonamides is 1. The number of nitrogens with two attached hydrogens (primary N) is 1. The summed E-state index contributed by atoms with van der Waals surface area (Å²) in [5, 5.41) is 2.60. The molecule has 1 saturated heterocycles. The van der Waals surface area contributed by atoms with Crippen molar-refractivity contribution in [2.75, 3.05) is 37.4 Å². The van der Waals surface area contributed by atoms with E-state index in [2.05, 4.69) is 5.32 Å². The van der Waals surface area contributed by atoms with Gasteiger partial charge in [0, 0.05) is 24.5 Å². The van der Waals surface area contributed by atoms with Gasteiger partial charge in [-0.05, 0) is 35.9 Å². The summed E-state index contributed by atoms with van der Waals surface area (Å²) in [7, 11) is -4.00. The number of benzene rings is 2. The molecule has 144 valence electrons. The number of nitrogen functional groups attached to an aromatic ring is 1. The van der Waals surface area contributed by atoms with Gasteiger partial charge in [-0.15, -0.1) is 0 Å². The topological polar surface area (TPSA) is 102 Å². The van der Waals surface area contributed by atoms with Crippen molar-refractivity contribution >= 4 is 27.3 Å². The van der Waals surface area contributed by atoms with Crippen LogP contribution in [0.5, 0.6) is 0 Å². The minimum atomic E-state index is -4.00. The summed E-state index contributed by atoms with van der Waals surface area (Å²) in [6.45, 7) is 0.850. The maximum atomic E-state index is 14.2. The fourth-order valence-corrected chi connectivity index (χ4v) is 4.23. The van der Waals surface area contributed by atoms with Crippen molar-refractivity contribution in [2.24, 2.45) is 0 Å².